The van der Waals surface area contributed by atoms with Crippen LogP contribution in [0.5, 0.6) is 0 Å². The van der Waals surface area contributed by atoms with Gasteiger partial charge in [0.1, 0.15) is 13.2 Å². The first kappa shape index (κ1) is 73.7. The van der Waals surface area contributed by atoms with Gasteiger partial charge in [-0.25, -0.2) is 0 Å². The molecule has 0 aromatic heterocycles. The summed E-state index contributed by atoms with van der Waals surface area (Å²) in [7, 11) is 5.89. The maximum atomic E-state index is 12.9. The largest absolute Gasteiger partial charge is 0.545 e. The fourth-order valence-electron chi connectivity index (χ4n) is 7.38. The number of carbonyl (C=O) groups is 3. The number of carbonyl (C=O) groups excluding carboxylic acids is 3. The summed E-state index contributed by atoms with van der Waals surface area (Å²) in [4.78, 5) is 37.4. The fourth-order valence-corrected chi connectivity index (χ4v) is 7.38. The Kier molecular flexibility index (Phi) is 54.8. The van der Waals surface area contributed by atoms with Gasteiger partial charge in [-0.2, -0.15) is 0 Å². The second-order valence-corrected chi connectivity index (χ2v) is 20.5. The van der Waals surface area contributed by atoms with Gasteiger partial charge in [-0.3, -0.25) is 9.59 Å². The van der Waals surface area contributed by atoms with E-state index in [0.717, 1.165) is 154 Å². The highest BCUT2D eigenvalue weighted by Crippen LogP contribution is 2.13. The molecule has 0 saturated carbocycles. The molecule has 0 aliphatic heterocycles. The van der Waals surface area contributed by atoms with Gasteiger partial charge in [0.25, 0.3) is 0 Å². The van der Waals surface area contributed by atoms with E-state index in [-0.39, 0.29) is 32.7 Å². The number of esters is 2. The lowest BCUT2D eigenvalue weighted by atomic mass is 10.1. The molecule has 0 rings (SSSR count). The molecule has 9 heteroatoms. The highest BCUT2D eigenvalue weighted by molar-refractivity contribution is 5.70. The molecule has 2 unspecified atom stereocenters. The summed E-state index contributed by atoms with van der Waals surface area (Å²) in [6.45, 7) is 4.44. The predicted molar refractivity (Wildman–Crippen MR) is 333 cm³/mol. The fraction of sp³-hybridized carbons (Fsp3) is 0.557. The zero-order valence-electron chi connectivity index (χ0n) is 50.2. The van der Waals surface area contributed by atoms with Crippen LogP contribution in [0.15, 0.2) is 170 Å². The molecule has 0 aromatic rings. The SMILES string of the molecule is CC/C=C\C/C=C\C/C=C\C/C=C\C/C=C\C/C=C\C/C=C\C/C=C\CCCCCCCCC(=O)OC(COC(=O)CCCCCC/C=C\C/C=C\C/C=C\C/C=C\C/C=C\C/C=C\CC)COC(OCC[N+](C)(C)C)C(=O)[O-]. The van der Waals surface area contributed by atoms with Crippen LogP contribution in [0.2, 0.25) is 0 Å². The third-order valence-electron chi connectivity index (χ3n) is 12.0. The van der Waals surface area contributed by atoms with Crippen molar-refractivity contribution in [3.63, 3.8) is 0 Å². The van der Waals surface area contributed by atoms with E-state index in [2.05, 4.69) is 184 Å². The van der Waals surface area contributed by atoms with E-state index < -0.39 is 30.3 Å². The Morgan fingerprint density at radius 2 is 0.684 bits per heavy atom. The lowest BCUT2D eigenvalue weighted by Crippen LogP contribution is -2.44. The molecule has 0 spiro atoms. The van der Waals surface area contributed by atoms with Crippen LogP contribution in [0.4, 0.5) is 0 Å². The molecule has 0 heterocycles. The number of quaternary nitrogens is 1. The topological polar surface area (TPSA) is 111 Å². The Morgan fingerprint density at radius 3 is 1.01 bits per heavy atom. The predicted octanol–water partition coefficient (Wildman–Crippen LogP) is 17.0. The number of carboxylic acids is 1. The summed E-state index contributed by atoms with van der Waals surface area (Å²) in [5.41, 5.74) is 0. The number of carboxylic acid groups (broad SMARTS) is 1. The molecule has 0 aromatic carbocycles. The summed E-state index contributed by atoms with van der Waals surface area (Å²) in [5, 5.41) is 11.8. The van der Waals surface area contributed by atoms with Gasteiger partial charge in [0.15, 0.2) is 12.4 Å². The zero-order chi connectivity index (χ0) is 57.6. The van der Waals surface area contributed by atoms with Crippen molar-refractivity contribution in [2.24, 2.45) is 0 Å². The van der Waals surface area contributed by atoms with Gasteiger partial charge in [0.05, 0.1) is 40.3 Å². The van der Waals surface area contributed by atoms with Gasteiger partial charge in [-0.15, -0.1) is 0 Å². The van der Waals surface area contributed by atoms with Crippen LogP contribution in [-0.4, -0.2) is 82.3 Å². The number of aliphatic carboxylic acids is 1. The van der Waals surface area contributed by atoms with Gasteiger partial charge < -0.3 is 33.3 Å². The molecule has 442 valence electrons. The number of hydrogen-bond acceptors (Lipinski definition) is 8. The first-order valence-corrected chi connectivity index (χ1v) is 30.3. The first-order chi connectivity index (χ1) is 38.6. The lowest BCUT2D eigenvalue weighted by molar-refractivity contribution is -0.870. The standard InChI is InChI=1S/C70H109NO8/c1-6-8-10-12-14-16-18-20-22-24-26-28-30-31-32-33-34-35-36-37-39-41-43-45-47-49-51-53-55-57-59-61-68(73)79-66(65-78-70(69(74)75)76-63-62-71(3,4)5)64-77-67(72)60-58-56-54-52-50-48-46-44-42-40-38-29-27-25-23-21-19-17-15-13-11-9-7-2/h8-11,14-17,20-23,26-29,31-32,34-35,37,39-40,42-43,45-46,48,66,70H,6-7,12-13,18-19,24-25,30,33,36,38,41,44,47,49-65H2,1-5H3/b10-8-,11-9-,16-14-,17-15-,22-20-,23-21-,28-26-,29-27-,32-31-,35-34-,39-37-,42-40-,45-43-,48-46-. The quantitative estimate of drug-likeness (QED) is 0.0195. The van der Waals surface area contributed by atoms with Crippen molar-refractivity contribution in [1.82, 2.24) is 0 Å². The molecular formula is C70H109NO8. The molecule has 0 aliphatic carbocycles. The highest BCUT2D eigenvalue weighted by atomic mass is 16.7. The highest BCUT2D eigenvalue weighted by Gasteiger charge is 2.22. The number of likely N-dealkylation sites (N-methyl/N-ethyl adjacent to an activating group) is 1. The molecule has 0 fully saturated rings. The minimum atomic E-state index is -1.65. The van der Waals surface area contributed by atoms with Crippen LogP contribution in [0, 0.1) is 0 Å². The molecule has 0 radical (unpaired) electrons. The average Bonchev–Trinajstić information content (AvgIpc) is 3.42. The second kappa shape index (κ2) is 58.8. The maximum absolute atomic E-state index is 12.9. The van der Waals surface area contributed by atoms with Gasteiger partial charge in [-0.05, 0) is 128 Å². The van der Waals surface area contributed by atoms with Gasteiger partial charge in [0, 0.05) is 12.8 Å². The van der Waals surface area contributed by atoms with Crippen LogP contribution in [0.3, 0.4) is 0 Å². The van der Waals surface area contributed by atoms with E-state index in [1.54, 1.807) is 0 Å². The number of hydrogen-bond donors (Lipinski definition) is 0. The van der Waals surface area contributed by atoms with Gasteiger partial charge in [-0.1, -0.05) is 223 Å². The average molecular weight is 1090 g/mol. The molecule has 0 N–H and O–H groups in total. The third-order valence-corrected chi connectivity index (χ3v) is 12.0. The van der Waals surface area contributed by atoms with Gasteiger partial charge in [0.2, 0.25) is 0 Å². The Balaban J connectivity index is 4.37. The van der Waals surface area contributed by atoms with E-state index in [1.807, 2.05) is 21.1 Å². The molecular weight excluding hydrogens is 983 g/mol. The molecule has 2 atom stereocenters. The Labute approximate surface area is 482 Å². The van der Waals surface area contributed by atoms with Crippen molar-refractivity contribution in [3.8, 4) is 0 Å². The molecule has 79 heavy (non-hydrogen) atoms. The minimum Gasteiger partial charge on any atom is -0.545 e. The van der Waals surface area contributed by atoms with Crippen LogP contribution in [0.1, 0.15) is 194 Å². The van der Waals surface area contributed by atoms with Crippen LogP contribution < -0.4 is 5.11 Å². The van der Waals surface area contributed by atoms with E-state index in [1.165, 1.54) is 0 Å². The van der Waals surface area contributed by atoms with E-state index in [0.29, 0.717) is 23.9 Å². The molecule has 0 saturated heterocycles. The zero-order valence-corrected chi connectivity index (χ0v) is 50.2. The Bertz CT molecular complexity index is 1900. The summed E-state index contributed by atoms with van der Waals surface area (Å²) in [6, 6.07) is 0. The monoisotopic (exact) mass is 1090 g/mol. The number of allylic oxidation sites excluding steroid dienone is 28. The number of nitrogens with zero attached hydrogens (tertiary/aromatic N) is 1. The summed E-state index contributed by atoms with van der Waals surface area (Å²) < 4.78 is 22.7. The normalized spacial score (nSPS) is 14.0. The molecule has 0 amide bonds. The summed E-state index contributed by atoms with van der Waals surface area (Å²) in [5.74, 6) is -2.36. The van der Waals surface area contributed by atoms with Crippen LogP contribution in [0.25, 0.3) is 0 Å². The molecule has 0 bridgehead atoms. The third kappa shape index (κ3) is 60.1. The van der Waals surface area contributed by atoms with Crippen molar-refractivity contribution in [3.05, 3.63) is 170 Å². The number of unbranched alkanes of at least 4 members (excludes halogenated alkanes) is 10. The Morgan fingerprint density at radius 1 is 0.380 bits per heavy atom. The minimum absolute atomic E-state index is 0.129. The maximum Gasteiger partial charge on any atom is 0.306 e. The summed E-state index contributed by atoms with van der Waals surface area (Å²) in [6.07, 6.45) is 85.4. The molecule has 0 aliphatic rings. The summed E-state index contributed by atoms with van der Waals surface area (Å²) >= 11 is 0. The van der Waals surface area contributed by atoms with Crippen LogP contribution >= 0.6 is 0 Å². The second-order valence-electron chi connectivity index (χ2n) is 20.5. The van der Waals surface area contributed by atoms with E-state index in [4.69, 9.17) is 18.9 Å². The van der Waals surface area contributed by atoms with Crippen molar-refractivity contribution >= 4 is 17.9 Å². The Hall–Kier alpha value is -5.35. The molecule has 9 nitrogen and oxygen atoms in total. The van der Waals surface area contributed by atoms with E-state index in [9.17, 15) is 19.5 Å². The van der Waals surface area contributed by atoms with Crippen LogP contribution in [-0.2, 0) is 33.3 Å². The van der Waals surface area contributed by atoms with Crippen molar-refractivity contribution in [2.75, 3.05) is 47.5 Å². The number of rotatable bonds is 53. The van der Waals surface area contributed by atoms with Gasteiger partial charge >= 0.3 is 11.9 Å². The smallest absolute Gasteiger partial charge is 0.306 e. The number of ether oxygens (including phenoxy) is 4. The van der Waals surface area contributed by atoms with E-state index >= 15 is 0 Å². The van der Waals surface area contributed by atoms with Crippen molar-refractivity contribution in [1.29, 1.82) is 0 Å². The van der Waals surface area contributed by atoms with Crippen molar-refractivity contribution < 1.29 is 42.9 Å². The first-order valence-electron chi connectivity index (χ1n) is 30.3. The lowest BCUT2D eigenvalue weighted by Gasteiger charge is -2.26. The van der Waals surface area contributed by atoms with Crippen molar-refractivity contribution in [2.45, 2.75) is 206 Å².